The molecule has 0 amide bonds. The summed E-state index contributed by atoms with van der Waals surface area (Å²) < 4.78 is 0. The molecule has 2 N–H and O–H groups in total. The van der Waals surface area contributed by atoms with Gasteiger partial charge in [-0.1, -0.05) is 18.2 Å². The minimum Gasteiger partial charge on any atom is -0.356 e. The number of Topliss-reactive ketones (excluding diaryl/α,β-unsaturated/α-hetero) is 1. The predicted octanol–water partition coefficient (Wildman–Crippen LogP) is 4.40. The van der Waals surface area contributed by atoms with Crippen LogP contribution >= 0.6 is 0 Å². The van der Waals surface area contributed by atoms with E-state index in [4.69, 9.17) is 0 Å². The number of rotatable bonds is 3. The van der Waals surface area contributed by atoms with Crippen LogP contribution in [0.2, 0.25) is 0 Å². The molecule has 119 valence electrons. The molecule has 0 saturated carbocycles. The van der Waals surface area contributed by atoms with Crippen molar-refractivity contribution in [3.05, 3.63) is 73.0 Å². The summed E-state index contributed by atoms with van der Waals surface area (Å²) >= 11 is 0. The fourth-order valence-corrected chi connectivity index (χ4v) is 3.26. The van der Waals surface area contributed by atoms with Crippen LogP contribution in [-0.4, -0.2) is 15.8 Å². The first-order chi connectivity index (χ1) is 11.7. The van der Waals surface area contributed by atoms with Crippen molar-refractivity contribution < 1.29 is 4.79 Å². The van der Waals surface area contributed by atoms with Crippen molar-refractivity contribution in [1.82, 2.24) is 9.97 Å². The number of hydrogen-bond acceptors (Lipinski definition) is 3. The second-order valence-corrected chi connectivity index (χ2v) is 6.15. The Labute approximate surface area is 141 Å². The van der Waals surface area contributed by atoms with Gasteiger partial charge < -0.3 is 10.3 Å². The number of nitrogens with one attached hydrogen (secondary N) is 2. The molecule has 4 rings (SSSR count). The Morgan fingerprint density at radius 1 is 1.08 bits per heavy atom. The molecule has 1 atom stereocenters. The molecule has 1 aliphatic rings. The zero-order chi connectivity index (χ0) is 16.5. The van der Waals surface area contributed by atoms with Crippen molar-refractivity contribution in [1.29, 1.82) is 0 Å². The number of para-hydroxylation sites is 1. The minimum atomic E-state index is 0.124. The number of aromatic nitrogens is 2. The number of hydrogen-bond donors (Lipinski definition) is 2. The predicted molar refractivity (Wildman–Crippen MR) is 95.2 cm³/mol. The first-order valence-electron chi connectivity index (χ1n) is 8.06. The Morgan fingerprint density at radius 2 is 1.83 bits per heavy atom. The maximum Gasteiger partial charge on any atom is 0.167 e. The molecule has 3 aromatic rings. The van der Waals surface area contributed by atoms with Gasteiger partial charge in [0.05, 0.1) is 16.9 Å². The smallest absolute Gasteiger partial charge is 0.167 e. The van der Waals surface area contributed by atoms with Gasteiger partial charge in [0, 0.05) is 35.8 Å². The average molecular weight is 316 g/mol. The van der Waals surface area contributed by atoms with Gasteiger partial charge in [-0.25, -0.2) is 0 Å². The summed E-state index contributed by atoms with van der Waals surface area (Å²) in [5, 5.41) is 3.43. The lowest BCUT2D eigenvalue weighted by Gasteiger charge is -2.18. The number of pyridine rings is 1. The van der Waals surface area contributed by atoms with Crippen molar-refractivity contribution in [3.8, 4) is 11.3 Å². The summed E-state index contributed by atoms with van der Waals surface area (Å²) in [6.07, 6.45) is 4.79. The van der Waals surface area contributed by atoms with Gasteiger partial charge in [-0.2, -0.15) is 0 Å². The quantitative estimate of drug-likeness (QED) is 0.753. The van der Waals surface area contributed by atoms with Gasteiger partial charge in [0.25, 0.3) is 0 Å². The van der Waals surface area contributed by atoms with E-state index in [9.17, 15) is 4.79 Å². The molecule has 0 saturated heterocycles. The zero-order valence-corrected chi connectivity index (χ0v) is 13.3. The van der Waals surface area contributed by atoms with Gasteiger partial charge in [0.1, 0.15) is 0 Å². The second kappa shape index (κ2) is 5.96. The highest BCUT2D eigenvalue weighted by molar-refractivity contribution is 6.07. The van der Waals surface area contributed by atoms with Crippen LogP contribution in [0, 0.1) is 12.8 Å². The Bertz CT molecular complexity index is 869. The van der Waals surface area contributed by atoms with E-state index in [2.05, 4.69) is 22.2 Å². The van der Waals surface area contributed by atoms with Crippen LogP contribution in [0.15, 0.2) is 54.9 Å². The van der Waals surface area contributed by atoms with Crippen LogP contribution in [0.4, 0.5) is 11.4 Å². The molecule has 2 heterocycles. The number of nitrogens with zero attached hydrogens (tertiary/aromatic N) is 1. The van der Waals surface area contributed by atoms with E-state index in [1.807, 2.05) is 42.5 Å². The van der Waals surface area contributed by atoms with Crippen LogP contribution in [-0.2, 0) is 6.42 Å². The lowest BCUT2D eigenvalue weighted by Crippen LogP contribution is -2.18. The second-order valence-electron chi connectivity index (χ2n) is 6.15. The maximum absolute atomic E-state index is 12.6. The highest BCUT2D eigenvalue weighted by atomic mass is 16.1. The van der Waals surface area contributed by atoms with Crippen molar-refractivity contribution >= 4 is 17.2 Å². The van der Waals surface area contributed by atoms with Crippen LogP contribution in [0.5, 0.6) is 0 Å². The third-order valence-corrected chi connectivity index (χ3v) is 4.34. The summed E-state index contributed by atoms with van der Waals surface area (Å²) in [7, 11) is 0. The molecule has 4 heteroatoms. The van der Waals surface area contributed by atoms with E-state index in [1.165, 1.54) is 0 Å². The minimum absolute atomic E-state index is 0.124. The SMILES string of the molecule is [CH2]C1CC(=O)c2c([nH]c(-c3ccncc3)c2Nc2ccccc2)C1. The van der Waals surface area contributed by atoms with Crippen molar-refractivity contribution in [3.63, 3.8) is 0 Å². The number of ketones is 1. The molecule has 1 aromatic carbocycles. The van der Waals surface area contributed by atoms with Crippen LogP contribution < -0.4 is 5.32 Å². The van der Waals surface area contributed by atoms with Crippen LogP contribution in [0.1, 0.15) is 22.5 Å². The first kappa shape index (κ1) is 14.7. The molecule has 2 aromatic heterocycles. The van der Waals surface area contributed by atoms with Gasteiger partial charge >= 0.3 is 0 Å². The van der Waals surface area contributed by atoms with Gasteiger partial charge in [-0.15, -0.1) is 0 Å². The summed E-state index contributed by atoms with van der Waals surface area (Å²) in [6, 6.07) is 13.8. The lowest BCUT2D eigenvalue weighted by atomic mass is 9.87. The van der Waals surface area contributed by atoms with E-state index in [-0.39, 0.29) is 11.7 Å². The standard InChI is InChI=1S/C20H18N3O/c1-13-11-16-18(17(24)12-13)20(22-15-5-3-2-4-6-15)19(23-16)14-7-9-21-10-8-14/h2-10,13,22-23H,1,11-12H2. The number of fused-ring (bicyclic) bond motifs is 1. The van der Waals surface area contributed by atoms with Gasteiger partial charge in [-0.05, 0) is 43.5 Å². The summed E-state index contributed by atoms with van der Waals surface area (Å²) in [6.45, 7) is 4.07. The highest BCUT2D eigenvalue weighted by Gasteiger charge is 2.29. The van der Waals surface area contributed by atoms with E-state index in [0.29, 0.717) is 6.42 Å². The molecule has 24 heavy (non-hydrogen) atoms. The molecule has 1 radical (unpaired) electrons. The molecular weight excluding hydrogens is 298 g/mol. The topological polar surface area (TPSA) is 57.8 Å². The van der Waals surface area contributed by atoms with Crippen molar-refractivity contribution in [2.75, 3.05) is 5.32 Å². The third kappa shape index (κ3) is 2.60. The Morgan fingerprint density at radius 3 is 2.58 bits per heavy atom. The van der Waals surface area contributed by atoms with Crippen molar-refractivity contribution in [2.24, 2.45) is 5.92 Å². The van der Waals surface area contributed by atoms with E-state index >= 15 is 0 Å². The third-order valence-electron chi connectivity index (χ3n) is 4.34. The number of carbonyl (C=O) groups is 1. The number of H-pyrrole nitrogens is 1. The average Bonchev–Trinajstić information content (AvgIpc) is 2.95. The number of benzene rings is 1. The molecule has 0 aliphatic heterocycles. The molecule has 1 aliphatic carbocycles. The number of aromatic amines is 1. The summed E-state index contributed by atoms with van der Waals surface area (Å²) in [5.74, 6) is 0.268. The van der Waals surface area contributed by atoms with E-state index < -0.39 is 0 Å². The largest absolute Gasteiger partial charge is 0.356 e. The Hall–Kier alpha value is -2.88. The summed E-state index contributed by atoms with van der Waals surface area (Å²) in [5.41, 5.74) is 5.47. The molecule has 0 spiro atoms. The lowest BCUT2D eigenvalue weighted by molar-refractivity contribution is 0.0959. The number of carbonyl (C=O) groups excluding carboxylic acids is 1. The van der Waals surface area contributed by atoms with Crippen LogP contribution in [0.3, 0.4) is 0 Å². The molecule has 1 unspecified atom stereocenters. The molecule has 4 nitrogen and oxygen atoms in total. The fourth-order valence-electron chi connectivity index (χ4n) is 3.26. The first-order valence-corrected chi connectivity index (χ1v) is 8.06. The molecule has 0 fully saturated rings. The van der Waals surface area contributed by atoms with Gasteiger partial charge in [0.2, 0.25) is 0 Å². The zero-order valence-electron chi connectivity index (χ0n) is 13.3. The Balaban J connectivity index is 1.87. The highest BCUT2D eigenvalue weighted by Crippen LogP contribution is 2.39. The van der Waals surface area contributed by atoms with E-state index in [1.54, 1.807) is 12.4 Å². The number of anilines is 2. The van der Waals surface area contributed by atoms with Crippen LogP contribution in [0.25, 0.3) is 11.3 Å². The van der Waals surface area contributed by atoms with Gasteiger partial charge in [-0.3, -0.25) is 9.78 Å². The Kier molecular flexibility index (Phi) is 3.65. The fraction of sp³-hybridized carbons (Fsp3) is 0.150. The molecular formula is C20H18N3O. The summed E-state index contributed by atoms with van der Waals surface area (Å²) in [4.78, 5) is 20.2. The van der Waals surface area contributed by atoms with E-state index in [0.717, 1.165) is 40.3 Å². The van der Waals surface area contributed by atoms with Gasteiger partial charge in [0.15, 0.2) is 5.78 Å². The molecule has 0 bridgehead atoms. The van der Waals surface area contributed by atoms with Crippen molar-refractivity contribution in [2.45, 2.75) is 12.8 Å². The maximum atomic E-state index is 12.6. The monoisotopic (exact) mass is 316 g/mol. The normalized spacial score (nSPS) is 16.7.